The van der Waals surface area contributed by atoms with E-state index in [1.165, 1.54) is 6.92 Å². The minimum Gasteiger partial charge on any atom is -0.391 e. The molecule has 0 aliphatic carbocycles. The Labute approximate surface area is 379 Å². The average Bonchev–Trinajstić information content (AvgIpc) is 3.26. The first-order chi connectivity index (χ1) is 31.0. The van der Waals surface area contributed by atoms with Crippen molar-refractivity contribution in [1.82, 2.24) is 42.5 Å². The Morgan fingerprint density at radius 3 is 1.62 bits per heavy atom. The normalized spacial score (nSPS) is 24.0. The van der Waals surface area contributed by atoms with E-state index in [9.17, 15) is 43.5 Å². The van der Waals surface area contributed by atoms with E-state index in [1.807, 2.05) is 32.9 Å². The van der Waals surface area contributed by atoms with Gasteiger partial charge in [-0.1, -0.05) is 63.2 Å². The Morgan fingerprint density at radius 1 is 0.631 bits per heavy atom. The van der Waals surface area contributed by atoms with Gasteiger partial charge in [-0.15, -0.1) is 0 Å². The van der Waals surface area contributed by atoms with Gasteiger partial charge in [0.25, 0.3) is 0 Å². The summed E-state index contributed by atoms with van der Waals surface area (Å²) in [7, 11) is 0. The van der Waals surface area contributed by atoms with Crippen LogP contribution in [0.1, 0.15) is 70.9 Å². The van der Waals surface area contributed by atoms with Gasteiger partial charge in [-0.2, -0.15) is 0 Å². The highest BCUT2D eigenvalue weighted by Crippen LogP contribution is 2.12. The van der Waals surface area contributed by atoms with Crippen molar-refractivity contribution in [3.8, 4) is 0 Å². The molecule has 1 aliphatic rings. The maximum atomic E-state index is 14.2. The van der Waals surface area contributed by atoms with Crippen LogP contribution in [0.3, 0.4) is 0 Å². The third kappa shape index (κ3) is 17.7. The van der Waals surface area contributed by atoms with E-state index in [1.54, 1.807) is 42.5 Å². The second-order valence-corrected chi connectivity index (χ2v) is 16.4. The van der Waals surface area contributed by atoms with Crippen molar-refractivity contribution in [1.29, 1.82) is 0 Å². The standard InChI is InChI=1S/C44H68N12O9/c1-5-27-11-13-29(14-12-27)49-44(65)55-33-18-22-48-43(64)36(26(4)57)56-40(61)32(17-21-47)51-37(58)30(15-19-45)52-41(62)34(23-25(2)3)53-42(63)35(24-28-9-7-6-8-10-28)54-38(59)31(16-20-46)50-39(33)60/h6-14,25-26,30-36,57H,5,15-24,45-47H2,1-4H3,(H,48,64)(H,50,60)(H,51,58)(H,52,62)(H,53,63)(H,54,59)(H,56,61)(H2,49,55,65)/t26-,30+,31+,32+,33+,34+,35-,36+/m1/s1. The van der Waals surface area contributed by atoms with Gasteiger partial charge < -0.3 is 70.2 Å². The molecule has 8 atom stereocenters. The monoisotopic (exact) mass is 909 g/mol. The molecule has 9 amide bonds. The number of hydrogen-bond donors (Lipinski definition) is 13. The van der Waals surface area contributed by atoms with Crippen molar-refractivity contribution >= 4 is 53.1 Å². The molecular formula is C44H68N12O9. The highest BCUT2D eigenvalue weighted by Gasteiger charge is 2.35. The molecule has 1 fully saturated rings. The fourth-order valence-corrected chi connectivity index (χ4v) is 6.96. The molecule has 1 heterocycles. The van der Waals surface area contributed by atoms with Gasteiger partial charge in [0.1, 0.15) is 42.3 Å². The van der Waals surface area contributed by atoms with Crippen LogP contribution in [0.15, 0.2) is 54.6 Å². The van der Waals surface area contributed by atoms with Gasteiger partial charge in [-0.25, -0.2) is 4.79 Å². The zero-order chi connectivity index (χ0) is 48.1. The Bertz CT molecular complexity index is 1900. The van der Waals surface area contributed by atoms with E-state index >= 15 is 0 Å². The van der Waals surface area contributed by atoms with Gasteiger partial charge in [-0.3, -0.25) is 33.6 Å². The second-order valence-electron chi connectivity index (χ2n) is 16.4. The first-order valence-electron chi connectivity index (χ1n) is 22.1. The summed E-state index contributed by atoms with van der Waals surface area (Å²) in [5, 5.41) is 34.2. The number of urea groups is 1. The number of aliphatic hydroxyl groups is 1. The number of benzene rings is 2. The number of aliphatic hydroxyl groups excluding tert-OH is 1. The minimum atomic E-state index is -1.56. The quantitative estimate of drug-likeness (QED) is 0.0969. The second kappa shape index (κ2) is 27.2. The number of hydrogen-bond acceptors (Lipinski definition) is 12. The number of nitrogens with one attached hydrogen (secondary N) is 9. The molecule has 16 N–H and O–H groups in total. The van der Waals surface area contributed by atoms with Crippen LogP contribution < -0.4 is 65.1 Å². The Hall–Kier alpha value is -6.16. The smallest absolute Gasteiger partial charge is 0.319 e. The number of amides is 9. The number of carbonyl (C=O) groups excluding carboxylic acids is 8. The van der Waals surface area contributed by atoms with Crippen LogP contribution in [-0.4, -0.2) is 127 Å². The molecule has 0 bridgehead atoms. The summed E-state index contributed by atoms with van der Waals surface area (Å²) in [6, 6.07) is 5.62. The third-order valence-corrected chi connectivity index (χ3v) is 10.6. The number of carbonyl (C=O) groups is 8. The van der Waals surface area contributed by atoms with Crippen LogP contribution >= 0.6 is 0 Å². The average molecular weight is 909 g/mol. The molecule has 0 unspecified atom stereocenters. The topological polar surface area (TPSA) is 343 Å². The molecule has 1 saturated heterocycles. The Balaban J connectivity index is 2.09. The van der Waals surface area contributed by atoms with Crippen LogP contribution in [0.2, 0.25) is 0 Å². The summed E-state index contributed by atoms with van der Waals surface area (Å²) in [4.78, 5) is 110. The summed E-state index contributed by atoms with van der Waals surface area (Å²) < 4.78 is 0. The molecular weight excluding hydrogens is 841 g/mol. The first kappa shape index (κ1) is 53.2. The zero-order valence-electron chi connectivity index (χ0n) is 37.6. The first-order valence-corrected chi connectivity index (χ1v) is 22.1. The number of aryl methyl sites for hydroxylation is 1. The molecule has 0 spiro atoms. The lowest BCUT2D eigenvalue weighted by atomic mass is 10.00. The predicted octanol–water partition coefficient (Wildman–Crippen LogP) is -2.12. The van der Waals surface area contributed by atoms with Gasteiger partial charge in [0.05, 0.1) is 6.10 Å². The van der Waals surface area contributed by atoms with Gasteiger partial charge >= 0.3 is 6.03 Å². The van der Waals surface area contributed by atoms with Crippen LogP contribution in [0.5, 0.6) is 0 Å². The Morgan fingerprint density at radius 2 is 1.11 bits per heavy atom. The Kier molecular flexibility index (Phi) is 22.3. The minimum absolute atomic E-state index is 0.0305. The largest absolute Gasteiger partial charge is 0.391 e. The van der Waals surface area contributed by atoms with Gasteiger partial charge in [0, 0.05) is 18.7 Å². The highest BCUT2D eigenvalue weighted by molar-refractivity contribution is 5.98. The highest BCUT2D eigenvalue weighted by atomic mass is 16.3. The number of nitrogens with two attached hydrogens (primary N) is 3. The van der Waals surface area contributed by atoms with Crippen LogP contribution in [0.25, 0.3) is 0 Å². The molecule has 65 heavy (non-hydrogen) atoms. The van der Waals surface area contributed by atoms with Crippen molar-refractivity contribution in [2.45, 2.75) is 121 Å². The van der Waals surface area contributed by atoms with E-state index in [2.05, 4.69) is 47.9 Å². The number of rotatable bonds is 14. The van der Waals surface area contributed by atoms with Crippen LogP contribution in [-0.2, 0) is 46.4 Å². The molecule has 0 aromatic heterocycles. The van der Waals surface area contributed by atoms with Crippen molar-refractivity contribution in [2.24, 2.45) is 23.1 Å². The van der Waals surface area contributed by atoms with E-state index in [-0.39, 0.29) is 70.6 Å². The van der Waals surface area contributed by atoms with Crippen LogP contribution in [0.4, 0.5) is 10.5 Å². The van der Waals surface area contributed by atoms with Crippen LogP contribution in [0, 0.1) is 5.92 Å². The van der Waals surface area contributed by atoms with E-state index in [0.717, 1.165) is 12.0 Å². The molecule has 21 nitrogen and oxygen atoms in total. The maximum Gasteiger partial charge on any atom is 0.319 e. The fraction of sp³-hybridized carbons (Fsp3) is 0.545. The summed E-state index contributed by atoms with van der Waals surface area (Å²) in [6.45, 7) is 6.38. The van der Waals surface area contributed by atoms with Crippen molar-refractivity contribution in [3.63, 3.8) is 0 Å². The molecule has 21 heteroatoms. The van der Waals surface area contributed by atoms with Crippen molar-refractivity contribution in [3.05, 3.63) is 65.7 Å². The predicted molar refractivity (Wildman–Crippen MR) is 243 cm³/mol. The van der Waals surface area contributed by atoms with E-state index in [4.69, 9.17) is 17.2 Å². The molecule has 2 aromatic carbocycles. The van der Waals surface area contributed by atoms with E-state index in [0.29, 0.717) is 11.3 Å². The van der Waals surface area contributed by atoms with Gasteiger partial charge in [-0.05, 0) is 94.3 Å². The summed E-state index contributed by atoms with van der Waals surface area (Å²) >= 11 is 0. The van der Waals surface area contributed by atoms with Gasteiger partial charge in [0.2, 0.25) is 41.4 Å². The lowest BCUT2D eigenvalue weighted by Crippen LogP contribution is -2.61. The maximum absolute atomic E-state index is 14.2. The third-order valence-electron chi connectivity index (χ3n) is 10.6. The van der Waals surface area contributed by atoms with E-state index < -0.39 is 95.8 Å². The number of anilines is 1. The van der Waals surface area contributed by atoms with Gasteiger partial charge in [0.15, 0.2) is 0 Å². The molecule has 0 radical (unpaired) electrons. The van der Waals surface area contributed by atoms with Crippen molar-refractivity contribution in [2.75, 3.05) is 31.5 Å². The van der Waals surface area contributed by atoms with Crippen molar-refractivity contribution < 1.29 is 43.5 Å². The zero-order valence-corrected chi connectivity index (χ0v) is 37.6. The summed E-state index contributed by atoms with van der Waals surface area (Å²) in [5.41, 5.74) is 19.6. The summed E-state index contributed by atoms with van der Waals surface area (Å²) in [6.07, 6.45) is -1.12. The lowest BCUT2D eigenvalue weighted by molar-refractivity contribution is -0.136. The molecule has 1 aliphatic heterocycles. The SMILES string of the molecule is CCc1ccc(NC(=O)N[C@H]2CCNC(=O)[C@H]([C@@H](C)O)NC(=O)[C@H](CCN)NC(=O)[C@H](CCN)NC(=O)[C@H](CC(C)C)NC(=O)[C@@H](Cc3ccccc3)NC(=O)[C@H](CCN)NC2=O)cc1. The summed E-state index contributed by atoms with van der Waals surface area (Å²) in [5.74, 6) is -5.82. The molecule has 2 aromatic rings. The molecule has 358 valence electrons. The fourth-order valence-electron chi connectivity index (χ4n) is 6.96. The molecule has 0 saturated carbocycles. The molecule has 3 rings (SSSR count). The lowest BCUT2D eigenvalue weighted by Gasteiger charge is -2.28.